The summed E-state index contributed by atoms with van der Waals surface area (Å²) in [5.74, 6) is 0.513. The zero-order valence-corrected chi connectivity index (χ0v) is 8.37. The first kappa shape index (κ1) is 10.2. The summed E-state index contributed by atoms with van der Waals surface area (Å²) in [4.78, 5) is 20.9. The average molecular weight is 184 g/mol. The summed E-state index contributed by atoms with van der Waals surface area (Å²) in [6.45, 7) is 6.08. The molecule has 3 heteroatoms. The Morgan fingerprint density at radius 3 is 2.54 bits per heavy atom. The van der Waals surface area contributed by atoms with E-state index in [9.17, 15) is 9.59 Å². The highest BCUT2D eigenvalue weighted by atomic mass is 16.5. The van der Waals surface area contributed by atoms with Crippen LogP contribution in [0.2, 0.25) is 0 Å². The molecule has 0 amide bonds. The number of esters is 1. The fourth-order valence-corrected chi connectivity index (χ4v) is 1.97. The van der Waals surface area contributed by atoms with E-state index >= 15 is 0 Å². The Morgan fingerprint density at radius 2 is 2.08 bits per heavy atom. The lowest BCUT2D eigenvalue weighted by atomic mass is 10.1. The summed E-state index contributed by atoms with van der Waals surface area (Å²) in [7, 11) is 0. The number of rotatable bonds is 4. The maximum atomic E-state index is 10.6. The molecule has 0 N–H and O–H groups in total. The largest absolute Gasteiger partial charge is 0.466 e. The van der Waals surface area contributed by atoms with Crippen molar-refractivity contribution in [2.75, 3.05) is 6.61 Å². The summed E-state index contributed by atoms with van der Waals surface area (Å²) in [5, 5.41) is 0. The maximum absolute atomic E-state index is 10.6. The molecule has 2 atom stereocenters. The van der Waals surface area contributed by atoms with Gasteiger partial charge in [-0.15, -0.1) is 0 Å². The molecular weight excluding hydrogens is 168 g/mol. The molecule has 1 rings (SSSR count). The zero-order chi connectivity index (χ0) is 10.1. The topological polar surface area (TPSA) is 43.4 Å². The quantitative estimate of drug-likeness (QED) is 0.490. The summed E-state index contributed by atoms with van der Waals surface area (Å²) < 4.78 is 4.92. The Bertz CT molecular complexity index is 220. The average Bonchev–Trinajstić information content (AvgIpc) is 2.51. The molecule has 1 saturated carbocycles. The normalized spacial score (nSPS) is 29.5. The van der Waals surface area contributed by atoms with Crippen LogP contribution in [0.1, 0.15) is 27.2 Å². The van der Waals surface area contributed by atoms with Crippen molar-refractivity contribution < 1.29 is 14.3 Å². The van der Waals surface area contributed by atoms with Crippen molar-refractivity contribution in [1.82, 2.24) is 0 Å². The smallest absolute Gasteiger partial charge is 0.302 e. The molecule has 0 heterocycles. The molecule has 0 aromatic carbocycles. The van der Waals surface area contributed by atoms with Crippen LogP contribution in [0, 0.1) is 17.3 Å². The van der Waals surface area contributed by atoms with Crippen LogP contribution in [0.4, 0.5) is 0 Å². The lowest BCUT2D eigenvalue weighted by molar-refractivity contribution is -0.141. The highest BCUT2D eigenvalue weighted by Crippen LogP contribution is 2.59. The molecule has 0 aromatic heterocycles. The molecule has 0 saturated heterocycles. The summed E-state index contributed by atoms with van der Waals surface area (Å²) >= 11 is 0. The van der Waals surface area contributed by atoms with Crippen molar-refractivity contribution in [2.45, 2.75) is 27.2 Å². The van der Waals surface area contributed by atoms with E-state index in [1.807, 2.05) is 0 Å². The number of ether oxygens (including phenoxy) is 1. The van der Waals surface area contributed by atoms with Crippen LogP contribution in [0.25, 0.3) is 0 Å². The van der Waals surface area contributed by atoms with Crippen LogP contribution in [0.5, 0.6) is 0 Å². The van der Waals surface area contributed by atoms with Crippen molar-refractivity contribution in [3.8, 4) is 0 Å². The van der Waals surface area contributed by atoms with Crippen LogP contribution in [0.15, 0.2) is 0 Å². The first-order chi connectivity index (χ1) is 6.00. The van der Waals surface area contributed by atoms with E-state index in [4.69, 9.17) is 4.74 Å². The molecule has 0 radical (unpaired) electrons. The van der Waals surface area contributed by atoms with E-state index < -0.39 is 0 Å². The third kappa shape index (κ3) is 2.08. The molecule has 0 aromatic rings. The highest BCUT2D eigenvalue weighted by molar-refractivity contribution is 5.66. The summed E-state index contributed by atoms with van der Waals surface area (Å²) in [6, 6.07) is 0. The highest BCUT2D eigenvalue weighted by Gasteiger charge is 2.57. The first-order valence-electron chi connectivity index (χ1n) is 4.57. The molecule has 1 aliphatic carbocycles. The van der Waals surface area contributed by atoms with Gasteiger partial charge in [-0.25, -0.2) is 0 Å². The molecule has 1 aliphatic rings. The Kier molecular flexibility index (Phi) is 2.74. The third-order valence-corrected chi connectivity index (χ3v) is 3.10. The number of carbonyl (C=O) groups is 2. The lowest BCUT2D eigenvalue weighted by Crippen LogP contribution is -2.05. The Hall–Kier alpha value is -0.860. The van der Waals surface area contributed by atoms with E-state index in [-0.39, 0.29) is 11.4 Å². The SMILES string of the molecule is CC(=O)OCC1C(CC=O)C1(C)C. The van der Waals surface area contributed by atoms with Crippen molar-refractivity contribution in [3.05, 3.63) is 0 Å². The Morgan fingerprint density at radius 1 is 1.46 bits per heavy atom. The minimum Gasteiger partial charge on any atom is -0.466 e. The molecular formula is C10H16O3. The molecule has 0 aliphatic heterocycles. The molecule has 0 spiro atoms. The minimum atomic E-state index is -0.243. The Balaban J connectivity index is 2.36. The zero-order valence-electron chi connectivity index (χ0n) is 8.37. The lowest BCUT2D eigenvalue weighted by Gasteiger charge is -2.02. The van der Waals surface area contributed by atoms with Gasteiger partial charge >= 0.3 is 5.97 Å². The van der Waals surface area contributed by atoms with Gasteiger partial charge in [-0.05, 0) is 11.3 Å². The van der Waals surface area contributed by atoms with E-state index in [1.165, 1.54) is 6.92 Å². The van der Waals surface area contributed by atoms with Gasteiger partial charge in [0.1, 0.15) is 6.29 Å². The van der Waals surface area contributed by atoms with Gasteiger partial charge in [-0.1, -0.05) is 13.8 Å². The van der Waals surface area contributed by atoms with Gasteiger partial charge in [-0.3, -0.25) is 4.79 Å². The van der Waals surface area contributed by atoms with Gasteiger partial charge in [0, 0.05) is 19.3 Å². The molecule has 2 unspecified atom stereocenters. The van der Waals surface area contributed by atoms with Crippen molar-refractivity contribution in [1.29, 1.82) is 0 Å². The van der Waals surface area contributed by atoms with E-state index in [0.717, 1.165) is 6.29 Å². The Labute approximate surface area is 78.5 Å². The van der Waals surface area contributed by atoms with Gasteiger partial charge < -0.3 is 9.53 Å². The third-order valence-electron chi connectivity index (χ3n) is 3.10. The predicted octanol–water partition coefficient (Wildman–Crippen LogP) is 1.41. The van der Waals surface area contributed by atoms with Crippen molar-refractivity contribution >= 4 is 12.3 Å². The number of aldehydes is 1. The van der Waals surface area contributed by atoms with Gasteiger partial charge in [0.2, 0.25) is 0 Å². The number of carbonyl (C=O) groups excluding carboxylic acids is 2. The molecule has 74 valence electrons. The standard InChI is InChI=1S/C10H16O3/c1-7(12)13-6-9-8(4-5-11)10(9,2)3/h5,8-9H,4,6H2,1-3H3. The van der Waals surface area contributed by atoms with Crippen LogP contribution in [0.3, 0.4) is 0 Å². The fraction of sp³-hybridized carbons (Fsp3) is 0.800. The van der Waals surface area contributed by atoms with Gasteiger partial charge in [0.25, 0.3) is 0 Å². The van der Waals surface area contributed by atoms with Crippen molar-refractivity contribution in [3.63, 3.8) is 0 Å². The second-order valence-corrected chi connectivity index (χ2v) is 4.24. The van der Waals surface area contributed by atoms with Gasteiger partial charge in [-0.2, -0.15) is 0 Å². The predicted molar refractivity (Wildman–Crippen MR) is 48.1 cm³/mol. The van der Waals surface area contributed by atoms with E-state index in [1.54, 1.807) is 0 Å². The second-order valence-electron chi connectivity index (χ2n) is 4.24. The van der Waals surface area contributed by atoms with Crippen LogP contribution < -0.4 is 0 Å². The molecule has 1 fully saturated rings. The number of hydrogen-bond donors (Lipinski definition) is 0. The van der Waals surface area contributed by atoms with Crippen LogP contribution in [-0.2, 0) is 14.3 Å². The fourth-order valence-electron chi connectivity index (χ4n) is 1.97. The second kappa shape index (κ2) is 3.48. The monoisotopic (exact) mass is 184 g/mol. The van der Waals surface area contributed by atoms with Gasteiger partial charge in [0.15, 0.2) is 0 Å². The summed E-state index contributed by atoms with van der Waals surface area (Å²) in [5.41, 5.74) is 0.163. The summed E-state index contributed by atoms with van der Waals surface area (Å²) in [6.07, 6.45) is 1.53. The molecule has 0 bridgehead atoms. The minimum absolute atomic E-state index is 0.163. The first-order valence-corrected chi connectivity index (χ1v) is 4.57. The number of hydrogen-bond acceptors (Lipinski definition) is 3. The van der Waals surface area contributed by atoms with Crippen LogP contribution in [-0.4, -0.2) is 18.9 Å². The maximum Gasteiger partial charge on any atom is 0.302 e. The molecule has 13 heavy (non-hydrogen) atoms. The molecule has 3 nitrogen and oxygen atoms in total. The van der Waals surface area contributed by atoms with E-state index in [0.29, 0.717) is 24.9 Å². The van der Waals surface area contributed by atoms with E-state index in [2.05, 4.69) is 13.8 Å². The van der Waals surface area contributed by atoms with Crippen LogP contribution >= 0.6 is 0 Å². The van der Waals surface area contributed by atoms with Crippen molar-refractivity contribution in [2.24, 2.45) is 17.3 Å². The van der Waals surface area contributed by atoms with Gasteiger partial charge in [0.05, 0.1) is 6.61 Å².